The second-order valence-corrected chi connectivity index (χ2v) is 4.90. The van der Waals surface area contributed by atoms with Crippen LogP contribution < -0.4 is 5.73 Å². The number of rotatable bonds is 3. The number of nitrogens with zero attached hydrogens (tertiary/aromatic N) is 2. The van der Waals surface area contributed by atoms with Crippen molar-refractivity contribution in [3.63, 3.8) is 0 Å². The highest BCUT2D eigenvalue weighted by Gasteiger charge is 2.25. The van der Waals surface area contributed by atoms with Crippen molar-refractivity contribution in [1.82, 2.24) is 9.88 Å². The summed E-state index contributed by atoms with van der Waals surface area (Å²) in [7, 11) is 0. The lowest BCUT2D eigenvalue weighted by Gasteiger charge is -2.38. The van der Waals surface area contributed by atoms with E-state index in [0.717, 1.165) is 25.1 Å². The van der Waals surface area contributed by atoms with Crippen molar-refractivity contribution in [1.29, 1.82) is 0 Å². The Morgan fingerprint density at radius 3 is 3.06 bits per heavy atom. The Kier molecular flexibility index (Phi) is 4.07. The zero-order valence-corrected chi connectivity index (χ0v) is 10.3. The van der Waals surface area contributed by atoms with Gasteiger partial charge in [-0.3, -0.25) is 9.88 Å². The highest BCUT2D eigenvalue weighted by atomic mass is 19.1. The molecule has 0 aliphatic carbocycles. The number of aromatic nitrogens is 1. The predicted molar refractivity (Wildman–Crippen MR) is 65.9 cm³/mol. The molecule has 0 amide bonds. The number of hydrogen-bond acceptors (Lipinski definition) is 3. The van der Waals surface area contributed by atoms with Gasteiger partial charge in [0.2, 0.25) is 0 Å². The third-order valence-electron chi connectivity index (χ3n) is 3.42. The second-order valence-electron chi connectivity index (χ2n) is 4.90. The third-order valence-corrected chi connectivity index (χ3v) is 3.42. The van der Waals surface area contributed by atoms with E-state index in [1.54, 1.807) is 12.3 Å². The van der Waals surface area contributed by atoms with Crippen LogP contribution in [0.2, 0.25) is 0 Å². The van der Waals surface area contributed by atoms with Gasteiger partial charge < -0.3 is 5.73 Å². The van der Waals surface area contributed by atoms with Crippen molar-refractivity contribution in [2.75, 3.05) is 6.54 Å². The Morgan fingerprint density at radius 2 is 2.35 bits per heavy atom. The largest absolute Gasteiger partial charge is 0.327 e. The summed E-state index contributed by atoms with van der Waals surface area (Å²) < 4.78 is 13.1. The molecule has 2 rings (SSSR count). The highest BCUT2D eigenvalue weighted by molar-refractivity contribution is 5.10. The molecule has 0 saturated carbocycles. The van der Waals surface area contributed by atoms with Crippen LogP contribution in [0.25, 0.3) is 0 Å². The van der Waals surface area contributed by atoms with E-state index in [1.165, 1.54) is 19.0 Å². The molecule has 1 aliphatic rings. The Labute approximate surface area is 102 Å². The van der Waals surface area contributed by atoms with E-state index >= 15 is 0 Å². The highest BCUT2D eigenvalue weighted by Crippen LogP contribution is 2.21. The lowest BCUT2D eigenvalue weighted by molar-refractivity contribution is 0.123. The Bertz CT molecular complexity index is 367. The van der Waals surface area contributed by atoms with Gasteiger partial charge in [-0.1, -0.05) is 6.42 Å². The molecule has 17 heavy (non-hydrogen) atoms. The molecule has 0 bridgehead atoms. The fraction of sp³-hybridized carbons (Fsp3) is 0.615. The number of pyridine rings is 1. The van der Waals surface area contributed by atoms with Crippen molar-refractivity contribution in [3.8, 4) is 0 Å². The molecule has 2 unspecified atom stereocenters. The van der Waals surface area contributed by atoms with E-state index in [9.17, 15) is 4.39 Å². The van der Waals surface area contributed by atoms with Crippen molar-refractivity contribution in [2.45, 2.75) is 44.8 Å². The van der Waals surface area contributed by atoms with Crippen LogP contribution in [0.1, 0.15) is 31.7 Å². The number of piperidine rings is 1. The van der Waals surface area contributed by atoms with Crippen LogP contribution in [0.3, 0.4) is 0 Å². The fourth-order valence-electron chi connectivity index (χ4n) is 2.59. The molecule has 0 radical (unpaired) electrons. The van der Waals surface area contributed by atoms with Crippen LogP contribution in [-0.2, 0) is 6.54 Å². The molecule has 4 heteroatoms. The van der Waals surface area contributed by atoms with E-state index in [1.807, 2.05) is 6.92 Å². The average Bonchev–Trinajstić information content (AvgIpc) is 2.29. The van der Waals surface area contributed by atoms with Gasteiger partial charge in [-0.25, -0.2) is 4.39 Å². The van der Waals surface area contributed by atoms with Crippen LogP contribution in [0.4, 0.5) is 4.39 Å². The second kappa shape index (κ2) is 5.56. The van der Waals surface area contributed by atoms with Crippen LogP contribution in [0, 0.1) is 5.82 Å². The third kappa shape index (κ3) is 3.23. The number of nitrogens with two attached hydrogens (primary N) is 1. The molecule has 1 aliphatic heterocycles. The summed E-state index contributed by atoms with van der Waals surface area (Å²) in [6, 6.07) is 2.13. The van der Waals surface area contributed by atoms with Gasteiger partial charge in [0.05, 0.1) is 6.20 Å². The van der Waals surface area contributed by atoms with Crippen LogP contribution >= 0.6 is 0 Å². The number of likely N-dealkylation sites (tertiary alicyclic amines) is 1. The zero-order valence-electron chi connectivity index (χ0n) is 10.3. The maximum atomic E-state index is 13.1. The minimum atomic E-state index is -0.267. The first-order chi connectivity index (χ1) is 8.16. The summed E-state index contributed by atoms with van der Waals surface area (Å²) in [6.45, 7) is 3.84. The fourth-order valence-corrected chi connectivity index (χ4v) is 2.59. The molecule has 3 nitrogen and oxygen atoms in total. The van der Waals surface area contributed by atoms with Gasteiger partial charge in [-0.15, -0.1) is 0 Å². The van der Waals surface area contributed by atoms with Gasteiger partial charge in [-0.05, 0) is 37.9 Å². The van der Waals surface area contributed by atoms with Crippen molar-refractivity contribution < 1.29 is 4.39 Å². The van der Waals surface area contributed by atoms with Gasteiger partial charge in [0.25, 0.3) is 0 Å². The van der Waals surface area contributed by atoms with Crippen LogP contribution in [0.5, 0.6) is 0 Å². The summed E-state index contributed by atoms with van der Waals surface area (Å²) >= 11 is 0. The molecular weight excluding hydrogens is 217 g/mol. The molecule has 94 valence electrons. The summed E-state index contributed by atoms with van der Waals surface area (Å²) in [5, 5.41) is 0. The van der Waals surface area contributed by atoms with E-state index in [2.05, 4.69) is 9.88 Å². The van der Waals surface area contributed by atoms with Gasteiger partial charge in [0, 0.05) is 24.8 Å². The standard InChI is InChI=1S/C13H20FN3/c1-10(15)13-4-2-3-5-17(13)9-11-6-12(14)8-16-7-11/h6-8,10,13H,2-5,9,15H2,1H3. The van der Waals surface area contributed by atoms with E-state index in [0.29, 0.717) is 6.04 Å². The smallest absolute Gasteiger partial charge is 0.141 e. The molecule has 0 spiro atoms. The molecule has 1 fully saturated rings. The van der Waals surface area contributed by atoms with Gasteiger partial charge in [-0.2, -0.15) is 0 Å². The summed E-state index contributed by atoms with van der Waals surface area (Å²) in [5.74, 6) is -0.267. The molecule has 1 saturated heterocycles. The quantitative estimate of drug-likeness (QED) is 0.873. The number of halogens is 1. The zero-order chi connectivity index (χ0) is 12.3. The normalized spacial score (nSPS) is 23.6. The maximum Gasteiger partial charge on any atom is 0.141 e. The SMILES string of the molecule is CC(N)C1CCCCN1Cc1cncc(F)c1. The molecular formula is C13H20FN3. The molecule has 2 N–H and O–H groups in total. The Hall–Kier alpha value is -1.00. The van der Waals surface area contributed by atoms with E-state index < -0.39 is 0 Å². The van der Waals surface area contributed by atoms with Gasteiger partial charge in [0.1, 0.15) is 5.82 Å². The minimum Gasteiger partial charge on any atom is -0.327 e. The first-order valence-electron chi connectivity index (χ1n) is 6.26. The van der Waals surface area contributed by atoms with Crippen molar-refractivity contribution >= 4 is 0 Å². The maximum absolute atomic E-state index is 13.1. The summed E-state index contributed by atoms with van der Waals surface area (Å²) in [6.07, 6.45) is 6.55. The van der Waals surface area contributed by atoms with Crippen LogP contribution in [-0.4, -0.2) is 28.5 Å². The first-order valence-corrected chi connectivity index (χ1v) is 6.26. The van der Waals surface area contributed by atoms with Crippen molar-refractivity contribution in [2.24, 2.45) is 5.73 Å². The number of hydrogen-bond donors (Lipinski definition) is 1. The average molecular weight is 237 g/mol. The molecule has 1 aromatic rings. The Morgan fingerprint density at radius 1 is 1.53 bits per heavy atom. The topological polar surface area (TPSA) is 42.1 Å². The predicted octanol–water partition coefficient (Wildman–Crippen LogP) is 1.92. The van der Waals surface area contributed by atoms with Gasteiger partial charge >= 0.3 is 0 Å². The van der Waals surface area contributed by atoms with Crippen molar-refractivity contribution in [3.05, 3.63) is 29.8 Å². The Balaban J connectivity index is 2.05. The van der Waals surface area contributed by atoms with E-state index in [4.69, 9.17) is 5.73 Å². The summed E-state index contributed by atoms with van der Waals surface area (Å²) in [4.78, 5) is 6.24. The lowest BCUT2D eigenvalue weighted by atomic mass is 9.96. The molecule has 2 atom stereocenters. The monoisotopic (exact) mass is 237 g/mol. The summed E-state index contributed by atoms with van der Waals surface area (Å²) in [5.41, 5.74) is 6.94. The van der Waals surface area contributed by atoms with E-state index in [-0.39, 0.29) is 11.9 Å². The lowest BCUT2D eigenvalue weighted by Crippen LogP contribution is -2.48. The minimum absolute atomic E-state index is 0.164. The molecule has 2 heterocycles. The molecule has 1 aromatic heterocycles. The molecule has 0 aromatic carbocycles. The van der Waals surface area contributed by atoms with Gasteiger partial charge in [0.15, 0.2) is 0 Å². The first kappa shape index (κ1) is 12.5. The van der Waals surface area contributed by atoms with Crippen LogP contribution in [0.15, 0.2) is 18.5 Å².